The fourth-order valence-corrected chi connectivity index (χ4v) is 2.39. The second-order valence-corrected chi connectivity index (χ2v) is 4.88. The number of hydrogen-bond donors (Lipinski definition) is 0. The van der Waals surface area contributed by atoms with Crippen LogP contribution in [0.2, 0.25) is 4.34 Å². The Kier molecular flexibility index (Phi) is 3.84. The van der Waals surface area contributed by atoms with Crippen molar-refractivity contribution in [3.8, 4) is 11.5 Å². The molecule has 0 aliphatic rings. The van der Waals surface area contributed by atoms with Crippen molar-refractivity contribution in [2.45, 2.75) is 0 Å². The summed E-state index contributed by atoms with van der Waals surface area (Å²) >= 11 is 6.63. The lowest BCUT2D eigenvalue weighted by atomic mass is 10.3. The van der Waals surface area contributed by atoms with E-state index in [2.05, 4.69) is 4.74 Å². The molecular weight excluding hydrogens is 279 g/mol. The largest absolute Gasteiger partial charge is 0.465 e. The first-order valence-electron chi connectivity index (χ1n) is 4.92. The monoisotopic (exact) mass is 286 g/mol. The average molecular weight is 287 g/mol. The lowest BCUT2D eigenvalue weighted by molar-refractivity contribution is 0.0601. The molecule has 0 saturated carbocycles. The van der Waals surface area contributed by atoms with Crippen LogP contribution in [0, 0.1) is 5.82 Å². The van der Waals surface area contributed by atoms with Gasteiger partial charge >= 0.3 is 5.97 Å². The maximum Gasteiger partial charge on any atom is 0.351 e. The van der Waals surface area contributed by atoms with E-state index in [4.69, 9.17) is 16.3 Å². The van der Waals surface area contributed by atoms with Gasteiger partial charge in [0.15, 0.2) is 16.4 Å². The summed E-state index contributed by atoms with van der Waals surface area (Å²) in [5, 5.41) is 0. The van der Waals surface area contributed by atoms with E-state index in [1.54, 1.807) is 30.3 Å². The molecule has 0 unspecified atom stereocenters. The molecule has 0 amide bonds. The minimum absolute atomic E-state index is 0.0664. The molecule has 0 atom stereocenters. The van der Waals surface area contributed by atoms with Crippen LogP contribution in [-0.2, 0) is 4.74 Å². The van der Waals surface area contributed by atoms with Crippen molar-refractivity contribution in [1.29, 1.82) is 0 Å². The summed E-state index contributed by atoms with van der Waals surface area (Å²) in [7, 11) is 1.17. The second kappa shape index (κ2) is 5.37. The summed E-state index contributed by atoms with van der Waals surface area (Å²) in [5.41, 5.74) is 0. The van der Waals surface area contributed by atoms with Crippen LogP contribution in [0.3, 0.4) is 0 Å². The zero-order valence-electron chi connectivity index (χ0n) is 9.28. The van der Waals surface area contributed by atoms with E-state index in [0.29, 0.717) is 5.75 Å². The Labute approximate surface area is 112 Å². The average Bonchev–Trinajstić information content (AvgIpc) is 2.67. The number of benzene rings is 1. The van der Waals surface area contributed by atoms with Crippen LogP contribution in [-0.4, -0.2) is 13.1 Å². The highest BCUT2D eigenvalue weighted by Gasteiger charge is 2.24. The number of ether oxygens (including phenoxy) is 2. The lowest BCUT2D eigenvalue weighted by Gasteiger charge is -2.03. The molecule has 0 aliphatic carbocycles. The molecule has 2 rings (SSSR count). The maximum absolute atomic E-state index is 13.9. The van der Waals surface area contributed by atoms with Crippen molar-refractivity contribution in [1.82, 2.24) is 0 Å². The zero-order valence-corrected chi connectivity index (χ0v) is 10.8. The number of thiophene rings is 1. The predicted molar refractivity (Wildman–Crippen MR) is 67.1 cm³/mol. The van der Waals surface area contributed by atoms with Gasteiger partial charge in [0.1, 0.15) is 10.1 Å². The van der Waals surface area contributed by atoms with E-state index in [9.17, 15) is 9.18 Å². The fourth-order valence-electron chi connectivity index (χ4n) is 1.29. The Hall–Kier alpha value is -1.59. The van der Waals surface area contributed by atoms with E-state index in [0.717, 1.165) is 11.3 Å². The summed E-state index contributed by atoms with van der Waals surface area (Å²) in [6, 6.07) is 8.61. The van der Waals surface area contributed by atoms with Crippen LogP contribution in [0.5, 0.6) is 11.5 Å². The first kappa shape index (κ1) is 12.9. The SMILES string of the molecule is COC(=O)c1sc(Cl)c(Oc2ccccc2)c1F. The smallest absolute Gasteiger partial charge is 0.351 e. The third-order valence-electron chi connectivity index (χ3n) is 2.10. The molecule has 0 spiro atoms. The molecule has 0 saturated heterocycles. The van der Waals surface area contributed by atoms with Crippen molar-refractivity contribution < 1.29 is 18.7 Å². The molecule has 1 aromatic carbocycles. The fraction of sp³-hybridized carbons (Fsp3) is 0.0833. The number of carbonyl (C=O) groups is 1. The molecule has 0 fully saturated rings. The molecule has 3 nitrogen and oxygen atoms in total. The minimum atomic E-state index is -0.805. The number of halogens is 2. The van der Waals surface area contributed by atoms with Gasteiger partial charge in [0.25, 0.3) is 0 Å². The van der Waals surface area contributed by atoms with E-state index < -0.39 is 11.8 Å². The van der Waals surface area contributed by atoms with Gasteiger partial charge in [-0.25, -0.2) is 9.18 Å². The van der Waals surface area contributed by atoms with Gasteiger partial charge in [-0.3, -0.25) is 0 Å². The Morgan fingerprint density at radius 1 is 1.33 bits per heavy atom. The third-order valence-corrected chi connectivity index (χ3v) is 3.42. The molecule has 0 aliphatic heterocycles. The zero-order chi connectivity index (χ0) is 13.1. The number of para-hydroxylation sites is 1. The number of rotatable bonds is 3. The molecular formula is C12H8ClFO3S. The van der Waals surface area contributed by atoms with Gasteiger partial charge in [-0.15, -0.1) is 11.3 Å². The summed E-state index contributed by atoms with van der Waals surface area (Å²) in [5.74, 6) is -1.30. The highest BCUT2D eigenvalue weighted by Crippen LogP contribution is 2.40. The van der Waals surface area contributed by atoms with Gasteiger partial charge in [-0.1, -0.05) is 29.8 Å². The molecule has 0 N–H and O–H groups in total. The third kappa shape index (κ3) is 2.47. The normalized spacial score (nSPS) is 10.2. The molecule has 2 aromatic rings. The molecule has 1 heterocycles. The summed E-state index contributed by atoms with van der Waals surface area (Å²) in [4.78, 5) is 11.1. The first-order chi connectivity index (χ1) is 8.63. The number of carbonyl (C=O) groups excluding carboxylic acids is 1. The van der Waals surface area contributed by atoms with Gasteiger partial charge in [-0.2, -0.15) is 0 Å². The highest BCUT2D eigenvalue weighted by atomic mass is 35.5. The van der Waals surface area contributed by atoms with Crippen molar-refractivity contribution in [3.05, 3.63) is 45.4 Å². The van der Waals surface area contributed by atoms with Crippen molar-refractivity contribution in [2.75, 3.05) is 7.11 Å². The Balaban J connectivity index is 2.34. The van der Waals surface area contributed by atoms with Crippen LogP contribution in [0.4, 0.5) is 4.39 Å². The topological polar surface area (TPSA) is 35.5 Å². The number of methoxy groups -OCH3 is 1. The van der Waals surface area contributed by atoms with Gasteiger partial charge in [-0.05, 0) is 12.1 Å². The number of esters is 1. The standard InChI is InChI=1S/C12H8ClFO3S/c1-16-12(15)10-8(14)9(11(13)18-10)17-7-5-3-2-4-6-7/h2-6H,1H3. The first-order valence-corrected chi connectivity index (χ1v) is 6.12. The van der Waals surface area contributed by atoms with Crippen molar-refractivity contribution in [2.24, 2.45) is 0 Å². The molecule has 0 bridgehead atoms. The Morgan fingerprint density at radius 3 is 2.61 bits per heavy atom. The van der Waals surface area contributed by atoms with Gasteiger partial charge < -0.3 is 9.47 Å². The van der Waals surface area contributed by atoms with E-state index in [1.165, 1.54) is 7.11 Å². The molecule has 1 aromatic heterocycles. The number of hydrogen-bond acceptors (Lipinski definition) is 4. The predicted octanol–water partition coefficient (Wildman–Crippen LogP) is 4.12. The molecule has 0 radical (unpaired) electrons. The van der Waals surface area contributed by atoms with Gasteiger partial charge in [0.05, 0.1) is 7.11 Å². The summed E-state index contributed by atoms with van der Waals surface area (Å²) < 4.78 is 23.7. The molecule has 94 valence electrons. The summed E-state index contributed by atoms with van der Waals surface area (Å²) in [6.07, 6.45) is 0. The van der Waals surface area contributed by atoms with Crippen LogP contribution in [0.25, 0.3) is 0 Å². The van der Waals surface area contributed by atoms with E-state index in [1.807, 2.05) is 0 Å². The lowest BCUT2D eigenvalue weighted by Crippen LogP contribution is -2.00. The van der Waals surface area contributed by atoms with Crippen LogP contribution in [0.15, 0.2) is 30.3 Å². The minimum Gasteiger partial charge on any atom is -0.465 e. The van der Waals surface area contributed by atoms with Crippen molar-refractivity contribution >= 4 is 28.9 Å². The van der Waals surface area contributed by atoms with Crippen LogP contribution in [0.1, 0.15) is 9.67 Å². The van der Waals surface area contributed by atoms with Crippen molar-refractivity contribution in [3.63, 3.8) is 0 Å². The Morgan fingerprint density at radius 2 is 2.00 bits per heavy atom. The molecule has 18 heavy (non-hydrogen) atoms. The quantitative estimate of drug-likeness (QED) is 0.796. The van der Waals surface area contributed by atoms with Crippen LogP contribution >= 0.6 is 22.9 Å². The van der Waals surface area contributed by atoms with Gasteiger partial charge in [0.2, 0.25) is 0 Å². The van der Waals surface area contributed by atoms with Gasteiger partial charge in [0, 0.05) is 0 Å². The van der Waals surface area contributed by atoms with E-state index in [-0.39, 0.29) is 15.0 Å². The second-order valence-electron chi connectivity index (χ2n) is 3.25. The van der Waals surface area contributed by atoms with Crippen LogP contribution < -0.4 is 4.74 Å². The molecule has 6 heteroatoms. The summed E-state index contributed by atoms with van der Waals surface area (Å²) in [6.45, 7) is 0. The van der Waals surface area contributed by atoms with E-state index >= 15 is 0 Å². The maximum atomic E-state index is 13.9. The Bertz CT molecular complexity index is 568. The highest BCUT2D eigenvalue weighted by molar-refractivity contribution is 7.18.